The number of carbonyl (C=O) groups excluding carboxylic acids is 1. The Labute approximate surface area is 142 Å². The first-order chi connectivity index (χ1) is 11.6. The van der Waals surface area contributed by atoms with Gasteiger partial charge in [-0.15, -0.1) is 0 Å². The molecule has 2 N–H and O–H groups in total. The molecule has 0 radical (unpaired) electrons. The molecule has 0 saturated carbocycles. The predicted octanol–water partition coefficient (Wildman–Crippen LogP) is 3.54. The van der Waals surface area contributed by atoms with Crippen molar-refractivity contribution in [3.63, 3.8) is 0 Å². The summed E-state index contributed by atoms with van der Waals surface area (Å²) in [5.74, 6) is 0.395. The fraction of sp³-hybridized carbons (Fsp3) is 0.368. The maximum absolute atomic E-state index is 12.3. The summed E-state index contributed by atoms with van der Waals surface area (Å²) in [6.45, 7) is 5.67. The van der Waals surface area contributed by atoms with Gasteiger partial charge in [0.05, 0.1) is 18.0 Å². The van der Waals surface area contributed by atoms with Gasteiger partial charge in [0.25, 0.3) is 5.91 Å². The second-order valence-corrected chi connectivity index (χ2v) is 6.20. The van der Waals surface area contributed by atoms with Crippen LogP contribution in [0.4, 0.5) is 11.5 Å². The highest BCUT2D eigenvalue weighted by Crippen LogP contribution is 2.16. The van der Waals surface area contributed by atoms with Crippen LogP contribution in [0.3, 0.4) is 0 Å². The van der Waals surface area contributed by atoms with E-state index in [-0.39, 0.29) is 12.0 Å². The number of nitrogens with one attached hydrogen (secondary N) is 2. The minimum atomic E-state index is -0.148. The third-order valence-electron chi connectivity index (χ3n) is 4.33. The summed E-state index contributed by atoms with van der Waals surface area (Å²) in [5, 5.41) is 6.14. The van der Waals surface area contributed by atoms with Gasteiger partial charge in [-0.1, -0.05) is 6.07 Å². The van der Waals surface area contributed by atoms with Crippen molar-refractivity contribution in [2.75, 3.05) is 23.8 Å². The molecule has 1 aliphatic heterocycles. The topological polar surface area (TPSA) is 63.2 Å². The molecule has 126 valence electrons. The summed E-state index contributed by atoms with van der Waals surface area (Å²) >= 11 is 0. The molecule has 2 aromatic rings. The lowest BCUT2D eigenvalue weighted by Crippen LogP contribution is -2.18. The van der Waals surface area contributed by atoms with Gasteiger partial charge < -0.3 is 15.4 Å². The maximum Gasteiger partial charge on any atom is 0.256 e. The quantitative estimate of drug-likeness (QED) is 0.882. The minimum Gasteiger partial charge on any atom is -0.381 e. The van der Waals surface area contributed by atoms with Crippen LogP contribution in [0.5, 0.6) is 0 Å². The first-order valence-corrected chi connectivity index (χ1v) is 8.32. The van der Waals surface area contributed by atoms with Gasteiger partial charge in [-0.25, -0.2) is 4.98 Å². The molecule has 2 heterocycles. The van der Waals surface area contributed by atoms with Crippen molar-refractivity contribution in [1.29, 1.82) is 0 Å². The van der Waals surface area contributed by atoms with E-state index in [2.05, 4.69) is 15.6 Å². The molecule has 0 spiro atoms. The molecule has 1 unspecified atom stereocenters. The van der Waals surface area contributed by atoms with Crippen LogP contribution in [0, 0.1) is 13.8 Å². The summed E-state index contributed by atoms with van der Waals surface area (Å²) in [4.78, 5) is 16.6. The molecule has 1 aliphatic rings. The Balaban J connectivity index is 1.56. The van der Waals surface area contributed by atoms with E-state index >= 15 is 0 Å². The molecule has 1 atom stereocenters. The molecule has 0 bridgehead atoms. The Morgan fingerprint density at radius 3 is 2.79 bits per heavy atom. The van der Waals surface area contributed by atoms with Crippen molar-refractivity contribution in [3.8, 4) is 0 Å². The number of carbonyl (C=O) groups is 1. The van der Waals surface area contributed by atoms with Crippen LogP contribution < -0.4 is 10.6 Å². The Bertz CT molecular complexity index is 707. The van der Waals surface area contributed by atoms with Gasteiger partial charge in [-0.05, 0) is 62.1 Å². The summed E-state index contributed by atoms with van der Waals surface area (Å²) in [6, 6.07) is 9.39. The second kappa shape index (κ2) is 7.45. The highest BCUT2D eigenvalue weighted by Gasteiger charge is 2.14. The summed E-state index contributed by atoms with van der Waals surface area (Å²) < 4.78 is 5.58. The van der Waals surface area contributed by atoms with Gasteiger partial charge in [-0.2, -0.15) is 0 Å². The number of pyridine rings is 1. The third kappa shape index (κ3) is 4.11. The molecular weight excluding hydrogens is 302 g/mol. The van der Waals surface area contributed by atoms with Crippen molar-refractivity contribution in [2.24, 2.45) is 0 Å². The van der Waals surface area contributed by atoms with Crippen LogP contribution >= 0.6 is 0 Å². The summed E-state index contributed by atoms with van der Waals surface area (Å²) in [5.41, 5.74) is 3.84. The summed E-state index contributed by atoms with van der Waals surface area (Å²) in [6.07, 6.45) is 4.25. The zero-order chi connectivity index (χ0) is 16.9. The molecule has 1 aromatic carbocycles. The van der Waals surface area contributed by atoms with E-state index in [1.165, 1.54) is 5.56 Å². The summed E-state index contributed by atoms with van der Waals surface area (Å²) in [7, 11) is 0. The third-order valence-corrected chi connectivity index (χ3v) is 4.33. The molecule has 1 aromatic heterocycles. The lowest BCUT2D eigenvalue weighted by atomic mass is 10.1. The molecule has 5 nitrogen and oxygen atoms in total. The van der Waals surface area contributed by atoms with E-state index in [1.54, 1.807) is 12.3 Å². The van der Waals surface area contributed by atoms with E-state index in [1.807, 2.05) is 38.1 Å². The van der Waals surface area contributed by atoms with E-state index in [0.29, 0.717) is 11.4 Å². The molecular formula is C19H23N3O2. The number of benzene rings is 1. The zero-order valence-electron chi connectivity index (χ0n) is 14.1. The SMILES string of the molecule is Cc1ccc(C(=O)Nc2ccc(NCC3CCCO3)cn2)cc1C. The number of ether oxygens (including phenoxy) is 1. The van der Waals surface area contributed by atoms with Crippen LogP contribution in [0.15, 0.2) is 36.5 Å². The Morgan fingerprint density at radius 2 is 2.12 bits per heavy atom. The number of hydrogen-bond acceptors (Lipinski definition) is 4. The Morgan fingerprint density at radius 1 is 1.25 bits per heavy atom. The van der Waals surface area contributed by atoms with Gasteiger partial charge in [0.1, 0.15) is 5.82 Å². The average molecular weight is 325 g/mol. The molecule has 1 fully saturated rings. The molecule has 3 rings (SSSR count). The van der Waals surface area contributed by atoms with Crippen molar-refractivity contribution in [3.05, 3.63) is 53.2 Å². The second-order valence-electron chi connectivity index (χ2n) is 6.20. The van der Waals surface area contributed by atoms with Crippen LogP contribution in [-0.2, 0) is 4.74 Å². The monoisotopic (exact) mass is 325 g/mol. The van der Waals surface area contributed by atoms with Crippen molar-refractivity contribution >= 4 is 17.4 Å². The standard InChI is InChI=1S/C19H23N3O2/c1-13-5-6-15(10-14(13)2)19(23)22-18-8-7-16(11-21-18)20-12-17-4-3-9-24-17/h5-8,10-11,17,20H,3-4,9,12H2,1-2H3,(H,21,22,23). The minimum absolute atomic E-state index is 0.148. The van der Waals surface area contributed by atoms with Gasteiger partial charge >= 0.3 is 0 Å². The van der Waals surface area contributed by atoms with Crippen molar-refractivity contribution in [2.45, 2.75) is 32.8 Å². The van der Waals surface area contributed by atoms with Gasteiger partial charge in [0.15, 0.2) is 0 Å². The number of anilines is 2. The fourth-order valence-corrected chi connectivity index (χ4v) is 2.68. The molecule has 24 heavy (non-hydrogen) atoms. The van der Waals surface area contributed by atoms with Crippen LogP contribution in [0.25, 0.3) is 0 Å². The molecule has 0 aliphatic carbocycles. The number of nitrogens with zero attached hydrogens (tertiary/aromatic N) is 1. The number of amides is 1. The van der Waals surface area contributed by atoms with Gasteiger partial charge in [-0.3, -0.25) is 4.79 Å². The first kappa shape index (κ1) is 16.5. The van der Waals surface area contributed by atoms with E-state index in [9.17, 15) is 4.79 Å². The maximum atomic E-state index is 12.3. The predicted molar refractivity (Wildman–Crippen MR) is 95.6 cm³/mol. The smallest absolute Gasteiger partial charge is 0.256 e. The van der Waals surface area contributed by atoms with Gasteiger partial charge in [0.2, 0.25) is 0 Å². The van der Waals surface area contributed by atoms with E-state index in [4.69, 9.17) is 4.74 Å². The fourth-order valence-electron chi connectivity index (χ4n) is 2.68. The first-order valence-electron chi connectivity index (χ1n) is 8.32. The zero-order valence-corrected chi connectivity index (χ0v) is 14.1. The Kier molecular flexibility index (Phi) is 5.11. The number of rotatable bonds is 5. The Hall–Kier alpha value is -2.40. The van der Waals surface area contributed by atoms with Crippen LogP contribution in [0.2, 0.25) is 0 Å². The van der Waals surface area contributed by atoms with Gasteiger partial charge in [0, 0.05) is 18.7 Å². The number of hydrogen-bond donors (Lipinski definition) is 2. The molecule has 1 amide bonds. The van der Waals surface area contributed by atoms with Crippen LogP contribution in [0.1, 0.15) is 34.3 Å². The largest absolute Gasteiger partial charge is 0.381 e. The average Bonchev–Trinajstić information content (AvgIpc) is 3.10. The lowest BCUT2D eigenvalue weighted by molar-refractivity contribution is 0.102. The highest BCUT2D eigenvalue weighted by molar-refractivity contribution is 6.03. The molecule has 1 saturated heterocycles. The van der Waals surface area contributed by atoms with Crippen LogP contribution in [-0.4, -0.2) is 30.1 Å². The van der Waals surface area contributed by atoms with Crippen molar-refractivity contribution < 1.29 is 9.53 Å². The van der Waals surface area contributed by atoms with Crippen molar-refractivity contribution in [1.82, 2.24) is 4.98 Å². The molecule has 5 heteroatoms. The normalized spacial score (nSPS) is 16.8. The number of aryl methyl sites for hydroxylation is 2. The highest BCUT2D eigenvalue weighted by atomic mass is 16.5. The van der Waals surface area contributed by atoms with E-state index < -0.39 is 0 Å². The number of aromatic nitrogens is 1. The van der Waals surface area contributed by atoms with E-state index in [0.717, 1.165) is 37.2 Å². The lowest BCUT2D eigenvalue weighted by Gasteiger charge is -2.12.